The van der Waals surface area contributed by atoms with Crippen molar-refractivity contribution in [3.63, 3.8) is 0 Å². The summed E-state index contributed by atoms with van der Waals surface area (Å²) < 4.78 is 54.0. The van der Waals surface area contributed by atoms with Gasteiger partial charge in [0.1, 0.15) is 5.82 Å². The van der Waals surface area contributed by atoms with Gasteiger partial charge >= 0.3 is 5.97 Å². The maximum absolute atomic E-state index is 14.3. The van der Waals surface area contributed by atoms with E-state index in [4.69, 9.17) is 0 Å². The maximum Gasteiger partial charge on any atom is 0.307 e. The molecule has 0 aromatic heterocycles. The highest BCUT2D eigenvalue weighted by Gasteiger charge is 2.57. The van der Waals surface area contributed by atoms with Gasteiger partial charge in [0.05, 0.1) is 5.92 Å². The fourth-order valence-corrected chi connectivity index (χ4v) is 5.49. The second-order valence-corrected chi connectivity index (χ2v) is 8.94. The highest BCUT2D eigenvalue weighted by Crippen LogP contribution is 2.57. The summed E-state index contributed by atoms with van der Waals surface area (Å²) >= 11 is 1.26. The molecule has 0 aliphatic heterocycles. The Hall–Kier alpha value is -2.55. The quantitative estimate of drug-likeness (QED) is 0.503. The first kappa shape index (κ1) is 20.7. The van der Waals surface area contributed by atoms with Gasteiger partial charge in [-0.1, -0.05) is 0 Å². The molecule has 158 valence electrons. The summed E-state index contributed by atoms with van der Waals surface area (Å²) in [6.45, 7) is 0. The first-order chi connectivity index (χ1) is 14.2. The van der Waals surface area contributed by atoms with Crippen LogP contribution >= 0.6 is 11.8 Å². The molecule has 0 saturated heterocycles. The summed E-state index contributed by atoms with van der Waals surface area (Å²) in [6, 6.07) is 5.03. The molecule has 9 heteroatoms. The lowest BCUT2D eigenvalue weighted by atomic mass is 10.0. The number of anilines is 1. The molecule has 2 aliphatic rings. The Labute approximate surface area is 173 Å². The molecule has 4 nitrogen and oxygen atoms in total. The third kappa shape index (κ3) is 4.03. The third-order valence-corrected chi connectivity index (χ3v) is 7.03. The monoisotopic (exact) mass is 439 g/mol. The van der Waals surface area contributed by atoms with Crippen molar-refractivity contribution < 1.29 is 32.3 Å². The molecule has 2 saturated carbocycles. The van der Waals surface area contributed by atoms with Crippen molar-refractivity contribution in [1.29, 1.82) is 0 Å². The van der Waals surface area contributed by atoms with Crippen molar-refractivity contribution in [3.8, 4) is 0 Å². The van der Waals surface area contributed by atoms with Crippen LogP contribution in [0.2, 0.25) is 0 Å². The van der Waals surface area contributed by atoms with Gasteiger partial charge in [-0.05, 0) is 49.3 Å². The van der Waals surface area contributed by atoms with Gasteiger partial charge in [-0.15, -0.1) is 11.8 Å². The molecule has 4 atom stereocenters. The first-order valence-corrected chi connectivity index (χ1v) is 10.3. The number of carboxylic acid groups (broad SMARTS) is 1. The minimum Gasteiger partial charge on any atom is -0.481 e. The lowest BCUT2D eigenvalue weighted by molar-refractivity contribution is -0.139. The van der Waals surface area contributed by atoms with Crippen molar-refractivity contribution in [1.82, 2.24) is 0 Å². The van der Waals surface area contributed by atoms with E-state index in [0.717, 1.165) is 18.9 Å². The summed E-state index contributed by atoms with van der Waals surface area (Å²) in [7, 11) is 0. The van der Waals surface area contributed by atoms with Gasteiger partial charge in [0.2, 0.25) is 0 Å². The number of thioether (sulfide) groups is 1. The van der Waals surface area contributed by atoms with Gasteiger partial charge in [-0.25, -0.2) is 17.6 Å². The predicted molar refractivity (Wildman–Crippen MR) is 102 cm³/mol. The number of hydrogen-bond acceptors (Lipinski definition) is 3. The fraction of sp³-hybridized carbons (Fsp3) is 0.333. The highest BCUT2D eigenvalue weighted by molar-refractivity contribution is 8.00. The van der Waals surface area contributed by atoms with Crippen LogP contribution in [0.15, 0.2) is 35.2 Å². The average Bonchev–Trinajstić information content (AvgIpc) is 3.41. The largest absolute Gasteiger partial charge is 0.481 e. The van der Waals surface area contributed by atoms with Crippen molar-refractivity contribution in [3.05, 3.63) is 59.2 Å². The Kier molecular flexibility index (Phi) is 5.48. The zero-order valence-electron chi connectivity index (χ0n) is 15.5. The minimum absolute atomic E-state index is 0.0451. The Morgan fingerprint density at radius 2 is 1.67 bits per heavy atom. The second-order valence-electron chi connectivity index (χ2n) is 7.60. The van der Waals surface area contributed by atoms with Gasteiger partial charge in [-0.3, -0.25) is 9.59 Å². The number of carboxylic acids is 1. The van der Waals surface area contributed by atoms with E-state index in [1.54, 1.807) is 0 Å². The van der Waals surface area contributed by atoms with Gasteiger partial charge in [0, 0.05) is 33.5 Å². The molecule has 0 spiro atoms. The molecule has 1 amide bonds. The number of benzene rings is 2. The van der Waals surface area contributed by atoms with E-state index in [2.05, 4.69) is 5.32 Å². The summed E-state index contributed by atoms with van der Waals surface area (Å²) in [5.74, 6) is -6.51. The smallest absolute Gasteiger partial charge is 0.307 e. The Balaban J connectivity index is 1.45. The van der Waals surface area contributed by atoms with Crippen molar-refractivity contribution in [2.45, 2.75) is 29.4 Å². The molecule has 2 fully saturated rings. The third-order valence-electron chi connectivity index (χ3n) is 5.70. The van der Waals surface area contributed by atoms with Crippen molar-refractivity contribution in [2.24, 2.45) is 17.8 Å². The lowest BCUT2D eigenvalue weighted by Crippen LogP contribution is -2.14. The number of hydrogen-bond donors (Lipinski definition) is 2. The molecule has 2 aromatic rings. The number of amides is 1. The summed E-state index contributed by atoms with van der Waals surface area (Å²) in [5, 5.41) is 11.5. The number of rotatable bonds is 5. The number of fused-ring (bicyclic) bond motifs is 1. The molecule has 2 aliphatic carbocycles. The highest BCUT2D eigenvalue weighted by atomic mass is 32.2. The number of carbonyl (C=O) groups excluding carboxylic acids is 1. The zero-order chi connectivity index (χ0) is 21.6. The van der Waals surface area contributed by atoms with Crippen LogP contribution < -0.4 is 5.32 Å². The molecule has 0 heterocycles. The minimum atomic E-state index is -1.64. The molecule has 4 rings (SSSR count). The van der Waals surface area contributed by atoms with Crippen LogP contribution in [0.5, 0.6) is 0 Å². The molecule has 0 bridgehead atoms. The first-order valence-electron chi connectivity index (χ1n) is 9.39. The fourth-order valence-electron chi connectivity index (χ4n) is 4.18. The maximum atomic E-state index is 14.3. The number of carbonyl (C=O) groups is 2. The van der Waals surface area contributed by atoms with Crippen molar-refractivity contribution >= 4 is 29.3 Å². The summed E-state index contributed by atoms with van der Waals surface area (Å²) in [5.41, 5.74) is -0.186. The van der Waals surface area contributed by atoms with Crippen LogP contribution in [0.1, 0.15) is 29.6 Å². The Morgan fingerprint density at radius 3 is 2.33 bits per heavy atom. The van der Waals surface area contributed by atoms with Crippen LogP contribution in [-0.2, 0) is 4.79 Å². The molecule has 30 heavy (non-hydrogen) atoms. The zero-order valence-corrected chi connectivity index (χ0v) is 16.3. The molecule has 4 unspecified atom stereocenters. The van der Waals surface area contributed by atoms with Crippen LogP contribution in [0.4, 0.5) is 23.2 Å². The molecular formula is C21H17F4NO3S. The second kappa shape index (κ2) is 7.94. The molecule has 2 N–H and O–H groups in total. The summed E-state index contributed by atoms with van der Waals surface area (Å²) in [4.78, 5) is 23.9. The van der Waals surface area contributed by atoms with Gasteiger partial charge in [0.25, 0.3) is 5.91 Å². The topological polar surface area (TPSA) is 66.4 Å². The van der Waals surface area contributed by atoms with E-state index in [1.807, 2.05) is 0 Å². The average molecular weight is 439 g/mol. The van der Waals surface area contributed by atoms with E-state index >= 15 is 0 Å². The molecular weight excluding hydrogens is 422 g/mol. The van der Waals surface area contributed by atoms with E-state index in [9.17, 15) is 32.3 Å². The molecule has 2 aromatic carbocycles. The van der Waals surface area contributed by atoms with Gasteiger partial charge in [-0.2, -0.15) is 0 Å². The van der Waals surface area contributed by atoms with Crippen LogP contribution in [0.25, 0.3) is 0 Å². The van der Waals surface area contributed by atoms with E-state index in [1.165, 1.54) is 23.9 Å². The van der Waals surface area contributed by atoms with Crippen LogP contribution in [0, 0.1) is 41.0 Å². The SMILES string of the molecule is O=C(Nc1cc(F)c(F)c(F)c1)c1ccc(F)c(SC2CCC3C(C2)C3C(=O)O)c1. The summed E-state index contributed by atoms with van der Waals surface area (Å²) in [6.07, 6.45) is 2.22. The number of aliphatic carboxylic acids is 1. The Bertz CT molecular complexity index is 1010. The normalized spacial score (nSPS) is 24.8. The number of nitrogens with one attached hydrogen (secondary N) is 1. The van der Waals surface area contributed by atoms with E-state index in [-0.39, 0.29) is 39.1 Å². The Morgan fingerprint density at radius 1 is 0.967 bits per heavy atom. The van der Waals surface area contributed by atoms with Crippen LogP contribution in [0.3, 0.4) is 0 Å². The molecule has 0 radical (unpaired) electrons. The van der Waals surface area contributed by atoms with E-state index < -0.39 is 35.1 Å². The number of halogens is 4. The predicted octanol–water partition coefficient (Wildman–Crippen LogP) is 5.09. The van der Waals surface area contributed by atoms with Crippen molar-refractivity contribution in [2.75, 3.05) is 5.32 Å². The van der Waals surface area contributed by atoms with Crippen LogP contribution in [-0.4, -0.2) is 22.2 Å². The van der Waals surface area contributed by atoms with Gasteiger partial charge < -0.3 is 10.4 Å². The lowest BCUT2D eigenvalue weighted by Gasteiger charge is -2.20. The van der Waals surface area contributed by atoms with E-state index in [0.29, 0.717) is 18.6 Å². The van der Waals surface area contributed by atoms with Gasteiger partial charge in [0.15, 0.2) is 17.5 Å². The standard InChI is InChI=1S/C21H17F4NO3S/c22-14-4-1-9(20(27)26-10-6-15(23)19(25)16(24)7-10)5-17(14)30-11-2-3-12-13(8-11)18(12)21(28)29/h1,4-7,11-13,18H,2-3,8H2,(H,26,27)(H,28,29).